The first-order valence-corrected chi connectivity index (χ1v) is 28.0. The van der Waals surface area contributed by atoms with Crippen LogP contribution >= 0.6 is 0 Å². The van der Waals surface area contributed by atoms with Crippen LogP contribution in [0, 0.1) is 13.8 Å². The van der Waals surface area contributed by atoms with Crippen LogP contribution < -0.4 is 15.2 Å². The number of alkyl halides is 6. The number of benzene rings is 6. The van der Waals surface area contributed by atoms with Crippen molar-refractivity contribution in [3.05, 3.63) is 205 Å². The number of aryl methyl sites for hydroxylation is 6. The van der Waals surface area contributed by atoms with Crippen LogP contribution in [0.1, 0.15) is 122 Å². The predicted octanol–water partition coefficient (Wildman–Crippen LogP) is 12.5. The maximum atomic E-state index is 12.9. The largest absolute Gasteiger partial charge is 0.493 e. The summed E-state index contributed by atoms with van der Waals surface area (Å²) in [4.78, 5) is 34.5. The van der Waals surface area contributed by atoms with E-state index in [1.165, 1.54) is 62.7 Å². The molecule has 0 bridgehead atoms. The van der Waals surface area contributed by atoms with Crippen LogP contribution in [0.25, 0.3) is 11.1 Å². The second kappa shape index (κ2) is 27.2. The molecule has 4 aliphatic carbocycles. The Morgan fingerprint density at radius 1 is 0.554 bits per heavy atom. The molecular formula is C67H69F6NO9. The van der Waals surface area contributed by atoms with Crippen molar-refractivity contribution in [3.8, 4) is 11.5 Å². The van der Waals surface area contributed by atoms with E-state index in [0.29, 0.717) is 53.7 Å². The third-order valence-corrected chi connectivity index (χ3v) is 15.9. The van der Waals surface area contributed by atoms with Crippen molar-refractivity contribution >= 4 is 34.4 Å². The van der Waals surface area contributed by atoms with E-state index < -0.39 is 29.4 Å². The lowest BCUT2D eigenvalue weighted by molar-refractivity contribution is -0.138. The minimum absolute atomic E-state index is 0.0728. The summed E-state index contributed by atoms with van der Waals surface area (Å²) >= 11 is 0. The number of carboxylic acids is 1. The first-order chi connectivity index (χ1) is 39.5. The molecule has 6 aromatic carbocycles. The topological polar surface area (TPSA) is 177 Å². The average molecular weight is 1150 g/mol. The highest BCUT2D eigenvalue weighted by atomic mass is 19.4. The van der Waals surface area contributed by atoms with Crippen LogP contribution in [0.3, 0.4) is 0 Å². The molecule has 3 atom stereocenters. The molecule has 0 amide bonds. The smallest absolute Gasteiger partial charge is 0.416 e. The first-order valence-electron chi connectivity index (χ1n) is 28.0. The van der Waals surface area contributed by atoms with Crippen LogP contribution in [0.4, 0.5) is 32.0 Å². The molecular weight excluding hydrogens is 1080 g/mol. The number of fused-ring (bicyclic) bond motifs is 6. The molecule has 438 valence electrons. The molecule has 6 aliphatic rings. The van der Waals surface area contributed by atoms with Gasteiger partial charge in [-0.25, -0.2) is 4.79 Å². The lowest BCUT2D eigenvalue weighted by Crippen LogP contribution is -2.20. The molecule has 0 radical (unpaired) electrons. The van der Waals surface area contributed by atoms with Crippen molar-refractivity contribution in [2.45, 2.75) is 141 Å². The number of aliphatic carboxylic acids is 1. The van der Waals surface area contributed by atoms with Gasteiger partial charge in [0.15, 0.2) is 5.78 Å². The summed E-state index contributed by atoms with van der Waals surface area (Å²) in [7, 11) is 0. The molecule has 0 saturated heterocycles. The maximum Gasteiger partial charge on any atom is 0.416 e. The molecule has 0 unspecified atom stereocenters. The second-order valence-electron chi connectivity index (χ2n) is 21.8. The van der Waals surface area contributed by atoms with Crippen LogP contribution in [-0.4, -0.2) is 69.5 Å². The number of aliphatic hydroxyl groups excluding tert-OH is 3. The van der Waals surface area contributed by atoms with E-state index in [1.807, 2.05) is 30.3 Å². The fourth-order valence-electron chi connectivity index (χ4n) is 11.4. The van der Waals surface area contributed by atoms with E-state index >= 15 is 0 Å². The van der Waals surface area contributed by atoms with Crippen LogP contribution in [0.2, 0.25) is 0 Å². The molecule has 16 heteroatoms. The highest BCUT2D eigenvalue weighted by Crippen LogP contribution is 2.40. The van der Waals surface area contributed by atoms with Crippen molar-refractivity contribution in [2.75, 3.05) is 18.9 Å². The van der Waals surface area contributed by atoms with Crippen LogP contribution in [-0.2, 0) is 84.5 Å². The normalized spacial score (nSPS) is 19.4. The summed E-state index contributed by atoms with van der Waals surface area (Å²) in [6.45, 7) is 4.61. The Labute approximate surface area is 479 Å². The van der Waals surface area contributed by atoms with E-state index in [-0.39, 0.29) is 55.2 Å². The van der Waals surface area contributed by atoms with Crippen molar-refractivity contribution in [1.82, 2.24) is 0 Å². The van der Waals surface area contributed by atoms with Gasteiger partial charge in [0, 0.05) is 61.4 Å². The zero-order valence-corrected chi connectivity index (χ0v) is 46.5. The second-order valence-corrected chi connectivity index (χ2v) is 21.8. The van der Waals surface area contributed by atoms with E-state index in [1.54, 1.807) is 0 Å². The number of Topliss-reactive ketones (excluding diaryl/α,β-unsaturated/α-hetero) is 1. The SMILES string of the molecule is Cc1cccc2c1CC(=O)CC2.Cc1cccc2c1C[C@H](O)CC2.Nc1cccc2c1C[C@H](O)CC2.O=C(/C=C1\CCOc2cc(C(F)(F)F)ccc21)Cc1cccc2c1C[C@H](O)CC2.O=C(O)/C=C1\CCOc2cc(C(F)(F)F)ccc21. The standard InChI is InChI=1S/C23H21F3O3.C12H9F3O3.C11H14O.C11H12O.C10H13NO/c24-23(25,26)17-5-7-20-16(8-9-29-22(20)12-17)11-19(28)10-15-3-1-2-14-4-6-18(27)13-21(14)15;13-12(14,15)8-1-2-9-7(5-11(16)17)3-4-18-10(9)6-8;2*1-8-3-2-4-9-5-6-10(12)7-11(8)9;11-10-3-1-2-7-4-5-8(12)6-9(7)10/h1-3,5,7,11-12,18,27H,4,6,8-10,13H2;1-2,5-6H,3-4H2,(H,16,17);2-4,10,12H,5-7H2,1H3;2-4H,5-7H2,1H3;1-3,8,12H,4-6,11H2/b16-11+;7-5+;;;/t18-;;10-;;8-/m1.1.1/s1. The fraction of sp³-hybridized carbons (Fsp3) is 0.358. The molecule has 0 fully saturated rings. The first kappa shape index (κ1) is 61.5. The number of hydrogen-bond acceptors (Lipinski definition) is 9. The number of hydrogen-bond donors (Lipinski definition) is 5. The van der Waals surface area contributed by atoms with Crippen molar-refractivity contribution in [3.63, 3.8) is 0 Å². The Bertz CT molecular complexity index is 3340. The molecule has 12 rings (SSSR count). The molecule has 0 spiro atoms. The molecule has 83 heavy (non-hydrogen) atoms. The lowest BCUT2D eigenvalue weighted by atomic mass is 9.85. The molecule has 0 aromatic heterocycles. The van der Waals surface area contributed by atoms with Gasteiger partial charge in [0.25, 0.3) is 0 Å². The highest BCUT2D eigenvalue weighted by Gasteiger charge is 2.34. The van der Waals surface area contributed by atoms with Gasteiger partial charge in [0.2, 0.25) is 0 Å². The number of aliphatic hydroxyl groups is 3. The Morgan fingerprint density at radius 2 is 1.00 bits per heavy atom. The summed E-state index contributed by atoms with van der Waals surface area (Å²) < 4.78 is 86.8. The Morgan fingerprint density at radius 3 is 1.53 bits per heavy atom. The molecule has 2 aliphatic heterocycles. The Balaban J connectivity index is 0.000000143. The number of nitrogen functional groups attached to an aromatic ring is 1. The zero-order chi connectivity index (χ0) is 59.6. The molecule has 10 nitrogen and oxygen atoms in total. The molecule has 6 aromatic rings. The fourth-order valence-corrected chi connectivity index (χ4v) is 11.4. The summed E-state index contributed by atoms with van der Waals surface area (Å²) in [6, 6.07) is 30.9. The lowest BCUT2D eigenvalue weighted by Gasteiger charge is -2.23. The monoisotopic (exact) mass is 1150 g/mol. The van der Waals surface area contributed by atoms with E-state index in [0.717, 1.165) is 117 Å². The number of rotatable bonds is 4. The number of ketones is 2. The van der Waals surface area contributed by atoms with Gasteiger partial charge in [-0.15, -0.1) is 0 Å². The molecule has 6 N–H and O–H groups in total. The van der Waals surface area contributed by atoms with Gasteiger partial charge in [-0.05, 0) is 180 Å². The third kappa shape index (κ3) is 16.4. The van der Waals surface area contributed by atoms with E-state index in [9.17, 15) is 56.0 Å². The molecule has 2 heterocycles. The van der Waals surface area contributed by atoms with Crippen molar-refractivity contribution in [2.24, 2.45) is 0 Å². The number of allylic oxidation sites excluding steroid dienone is 1. The van der Waals surface area contributed by atoms with Gasteiger partial charge >= 0.3 is 18.3 Å². The molecule has 0 saturated carbocycles. The predicted molar refractivity (Wildman–Crippen MR) is 306 cm³/mol. The highest BCUT2D eigenvalue weighted by molar-refractivity contribution is 5.99. The number of nitrogens with two attached hydrogens (primary N) is 1. The van der Waals surface area contributed by atoms with Crippen molar-refractivity contribution < 1.29 is 70.6 Å². The van der Waals surface area contributed by atoms with Gasteiger partial charge in [-0.1, -0.05) is 78.9 Å². The van der Waals surface area contributed by atoms with Gasteiger partial charge in [0.1, 0.15) is 17.3 Å². The Kier molecular flexibility index (Phi) is 20.2. The quantitative estimate of drug-likeness (QED) is 0.0649. The zero-order valence-electron chi connectivity index (χ0n) is 46.5. The summed E-state index contributed by atoms with van der Waals surface area (Å²) in [5, 5.41) is 37.6. The van der Waals surface area contributed by atoms with Gasteiger partial charge in [-0.2, -0.15) is 26.3 Å². The van der Waals surface area contributed by atoms with Gasteiger partial charge in [0.05, 0.1) is 42.7 Å². The number of carboxylic acid groups (broad SMARTS) is 1. The number of carbonyl (C=O) groups is 3. The minimum Gasteiger partial charge on any atom is -0.493 e. The van der Waals surface area contributed by atoms with Crippen LogP contribution in [0.5, 0.6) is 11.5 Å². The summed E-state index contributed by atoms with van der Waals surface area (Å²) in [5.41, 5.74) is 20.7. The van der Waals surface area contributed by atoms with E-state index in [4.69, 9.17) is 20.3 Å². The van der Waals surface area contributed by atoms with Gasteiger partial charge < -0.3 is 35.6 Å². The number of halogens is 6. The average Bonchev–Trinajstić information content (AvgIpc) is 3.65. The number of ether oxygens (including phenoxy) is 2. The summed E-state index contributed by atoms with van der Waals surface area (Å²) in [5.74, 6) is -0.621. The summed E-state index contributed by atoms with van der Waals surface area (Å²) in [6.07, 6.45) is 3.76. The van der Waals surface area contributed by atoms with Crippen LogP contribution in [0.15, 0.2) is 121 Å². The van der Waals surface area contributed by atoms with Gasteiger partial charge in [-0.3, -0.25) is 9.59 Å². The Hall–Kier alpha value is -7.53. The van der Waals surface area contributed by atoms with Crippen molar-refractivity contribution in [1.29, 1.82) is 0 Å². The number of carbonyl (C=O) groups excluding carboxylic acids is 2. The maximum absolute atomic E-state index is 12.9. The third-order valence-electron chi connectivity index (χ3n) is 15.9. The number of anilines is 1. The minimum atomic E-state index is -4.44. The van der Waals surface area contributed by atoms with E-state index in [2.05, 4.69) is 56.3 Å².